The molecule has 0 aliphatic heterocycles. The molecule has 3 aromatic rings. The summed E-state index contributed by atoms with van der Waals surface area (Å²) in [7, 11) is 1.60. The van der Waals surface area contributed by atoms with Gasteiger partial charge in [0.2, 0.25) is 6.54 Å². The Kier molecular flexibility index (Phi) is 3.78. The molecule has 1 unspecified atom stereocenters. The van der Waals surface area contributed by atoms with Crippen molar-refractivity contribution < 1.29 is 9.66 Å². The highest BCUT2D eigenvalue weighted by Gasteiger charge is 2.23. The van der Waals surface area contributed by atoms with E-state index in [-0.39, 0.29) is 17.4 Å². The maximum absolute atomic E-state index is 11.1. The Morgan fingerprint density at radius 1 is 1.18 bits per heavy atom. The minimum absolute atomic E-state index is 0.145. The van der Waals surface area contributed by atoms with Crippen LogP contribution in [-0.2, 0) is 0 Å². The molecule has 0 bridgehead atoms. The van der Waals surface area contributed by atoms with Crippen molar-refractivity contribution >= 4 is 10.9 Å². The summed E-state index contributed by atoms with van der Waals surface area (Å²) in [6.07, 6.45) is 1.86. The molecule has 0 saturated heterocycles. The molecule has 1 heterocycles. The lowest BCUT2D eigenvalue weighted by Crippen LogP contribution is -2.13. The van der Waals surface area contributed by atoms with E-state index < -0.39 is 0 Å². The number of aromatic nitrogens is 1. The molecule has 1 N–H and O–H groups in total. The summed E-state index contributed by atoms with van der Waals surface area (Å²) in [4.78, 5) is 14.0. The lowest BCUT2D eigenvalue weighted by atomic mass is 9.91. The standard InChI is InChI=1S/C17H16N2O3/c1-22-13-8-6-12(7-9-13)16(11-19(20)21)15-10-18-17-5-3-2-4-14(15)17/h2-10,16,18H,11H2,1H3. The number of ether oxygens (including phenoxy) is 1. The molecule has 0 aliphatic rings. The molecule has 1 atom stereocenters. The molecule has 5 heteroatoms. The van der Waals surface area contributed by atoms with E-state index in [1.165, 1.54) is 0 Å². The second kappa shape index (κ2) is 5.89. The summed E-state index contributed by atoms with van der Waals surface area (Å²) in [6.45, 7) is -0.145. The Hall–Kier alpha value is -2.82. The first-order valence-electron chi connectivity index (χ1n) is 7.01. The van der Waals surface area contributed by atoms with Crippen molar-refractivity contribution in [3.8, 4) is 5.75 Å². The fourth-order valence-corrected chi connectivity index (χ4v) is 2.75. The third-order valence-corrected chi connectivity index (χ3v) is 3.85. The minimum atomic E-state index is -0.294. The molecule has 2 aromatic carbocycles. The molecule has 0 fully saturated rings. The largest absolute Gasteiger partial charge is 0.497 e. The van der Waals surface area contributed by atoms with Gasteiger partial charge in [-0.1, -0.05) is 30.3 Å². The Balaban J connectivity index is 2.07. The number of hydrogen-bond donors (Lipinski definition) is 1. The molecule has 0 aliphatic carbocycles. The molecule has 0 saturated carbocycles. The predicted octanol–water partition coefficient (Wildman–Crippen LogP) is 3.59. The van der Waals surface area contributed by atoms with E-state index in [1.807, 2.05) is 54.7 Å². The van der Waals surface area contributed by atoms with Gasteiger partial charge in [0.15, 0.2) is 0 Å². The van der Waals surface area contributed by atoms with Gasteiger partial charge in [0.25, 0.3) is 0 Å². The number of nitro groups is 1. The second-order valence-electron chi connectivity index (χ2n) is 5.13. The van der Waals surface area contributed by atoms with Gasteiger partial charge in [-0.15, -0.1) is 0 Å². The van der Waals surface area contributed by atoms with Crippen LogP contribution >= 0.6 is 0 Å². The summed E-state index contributed by atoms with van der Waals surface area (Å²) in [6, 6.07) is 15.3. The van der Waals surface area contributed by atoms with Crippen LogP contribution in [0, 0.1) is 10.1 Å². The zero-order valence-corrected chi connectivity index (χ0v) is 12.2. The van der Waals surface area contributed by atoms with E-state index in [1.54, 1.807) is 7.11 Å². The summed E-state index contributed by atoms with van der Waals surface area (Å²) < 4.78 is 5.15. The van der Waals surface area contributed by atoms with Crippen LogP contribution in [0.2, 0.25) is 0 Å². The van der Waals surface area contributed by atoms with Crippen LogP contribution in [0.3, 0.4) is 0 Å². The van der Waals surface area contributed by atoms with Crippen LogP contribution in [0.4, 0.5) is 0 Å². The van der Waals surface area contributed by atoms with E-state index in [2.05, 4.69) is 4.98 Å². The average molecular weight is 296 g/mol. The van der Waals surface area contributed by atoms with Crippen molar-refractivity contribution in [2.24, 2.45) is 0 Å². The van der Waals surface area contributed by atoms with Crippen LogP contribution in [-0.4, -0.2) is 23.6 Å². The minimum Gasteiger partial charge on any atom is -0.497 e. The molecule has 22 heavy (non-hydrogen) atoms. The van der Waals surface area contributed by atoms with Crippen molar-refractivity contribution in [1.29, 1.82) is 0 Å². The number of methoxy groups -OCH3 is 1. The summed E-state index contributed by atoms with van der Waals surface area (Å²) >= 11 is 0. The fourth-order valence-electron chi connectivity index (χ4n) is 2.75. The number of para-hydroxylation sites is 1. The van der Waals surface area contributed by atoms with Gasteiger partial charge in [-0.25, -0.2) is 0 Å². The van der Waals surface area contributed by atoms with Crippen molar-refractivity contribution in [2.45, 2.75) is 5.92 Å². The number of benzene rings is 2. The number of aromatic amines is 1. The molecule has 0 radical (unpaired) electrons. The third kappa shape index (κ3) is 2.65. The zero-order valence-electron chi connectivity index (χ0n) is 12.2. The van der Waals surface area contributed by atoms with E-state index in [0.717, 1.165) is 27.8 Å². The Bertz CT molecular complexity index is 793. The number of fused-ring (bicyclic) bond motifs is 1. The van der Waals surface area contributed by atoms with Crippen molar-refractivity contribution in [3.63, 3.8) is 0 Å². The van der Waals surface area contributed by atoms with Crippen LogP contribution in [0.5, 0.6) is 5.75 Å². The summed E-state index contributed by atoms with van der Waals surface area (Å²) in [5.41, 5.74) is 2.83. The molecular weight excluding hydrogens is 280 g/mol. The van der Waals surface area contributed by atoms with Gasteiger partial charge in [-0.3, -0.25) is 10.1 Å². The van der Waals surface area contributed by atoms with Gasteiger partial charge in [0.1, 0.15) is 5.75 Å². The highest BCUT2D eigenvalue weighted by Crippen LogP contribution is 2.31. The molecule has 112 valence electrons. The first kappa shape index (κ1) is 14.1. The second-order valence-corrected chi connectivity index (χ2v) is 5.13. The molecular formula is C17H16N2O3. The third-order valence-electron chi connectivity index (χ3n) is 3.85. The molecule has 3 rings (SSSR count). The van der Waals surface area contributed by atoms with Gasteiger partial charge in [-0.2, -0.15) is 0 Å². The van der Waals surface area contributed by atoms with E-state index in [9.17, 15) is 10.1 Å². The normalized spacial score (nSPS) is 12.2. The van der Waals surface area contributed by atoms with Gasteiger partial charge in [0, 0.05) is 22.0 Å². The van der Waals surface area contributed by atoms with Crippen LogP contribution in [0.15, 0.2) is 54.7 Å². The SMILES string of the molecule is COc1ccc(C(C[N+](=O)[O-])c2c[nH]c3ccccc23)cc1. The Morgan fingerprint density at radius 2 is 1.91 bits per heavy atom. The average Bonchev–Trinajstić information content (AvgIpc) is 2.96. The van der Waals surface area contributed by atoms with E-state index in [4.69, 9.17) is 4.74 Å². The summed E-state index contributed by atoms with van der Waals surface area (Å²) in [5.74, 6) is 0.444. The lowest BCUT2D eigenvalue weighted by Gasteiger charge is -2.13. The Labute approximate surface area is 127 Å². The van der Waals surface area contributed by atoms with Crippen molar-refractivity contribution in [1.82, 2.24) is 4.98 Å². The van der Waals surface area contributed by atoms with Crippen molar-refractivity contribution in [3.05, 3.63) is 76.0 Å². The number of hydrogen-bond acceptors (Lipinski definition) is 3. The zero-order chi connectivity index (χ0) is 15.5. The molecule has 0 spiro atoms. The van der Waals surface area contributed by atoms with E-state index in [0.29, 0.717) is 0 Å². The van der Waals surface area contributed by atoms with Gasteiger partial charge in [0.05, 0.1) is 13.0 Å². The lowest BCUT2D eigenvalue weighted by molar-refractivity contribution is -0.481. The van der Waals surface area contributed by atoms with Crippen LogP contribution in [0.25, 0.3) is 10.9 Å². The van der Waals surface area contributed by atoms with Gasteiger partial charge < -0.3 is 9.72 Å². The first-order valence-corrected chi connectivity index (χ1v) is 7.01. The quantitative estimate of drug-likeness (QED) is 0.578. The monoisotopic (exact) mass is 296 g/mol. The maximum Gasteiger partial charge on any atom is 0.214 e. The highest BCUT2D eigenvalue weighted by molar-refractivity contribution is 5.84. The molecule has 0 amide bonds. The van der Waals surface area contributed by atoms with Crippen LogP contribution in [0.1, 0.15) is 17.0 Å². The fraction of sp³-hybridized carbons (Fsp3) is 0.176. The molecule has 1 aromatic heterocycles. The number of nitrogens with zero attached hydrogens (tertiary/aromatic N) is 1. The van der Waals surface area contributed by atoms with E-state index >= 15 is 0 Å². The maximum atomic E-state index is 11.1. The van der Waals surface area contributed by atoms with Gasteiger partial charge in [-0.05, 0) is 29.3 Å². The topological polar surface area (TPSA) is 68.2 Å². The Morgan fingerprint density at radius 3 is 2.59 bits per heavy atom. The summed E-state index contributed by atoms with van der Waals surface area (Å²) in [5, 5.41) is 12.1. The number of nitrogens with one attached hydrogen (secondary N) is 1. The number of H-pyrrole nitrogens is 1. The smallest absolute Gasteiger partial charge is 0.214 e. The predicted molar refractivity (Wildman–Crippen MR) is 85.0 cm³/mol. The first-order chi connectivity index (χ1) is 10.7. The number of rotatable bonds is 5. The molecule has 5 nitrogen and oxygen atoms in total. The van der Waals surface area contributed by atoms with Gasteiger partial charge >= 0.3 is 0 Å². The van der Waals surface area contributed by atoms with Crippen LogP contribution < -0.4 is 4.74 Å². The van der Waals surface area contributed by atoms with Crippen molar-refractivity contribution in [2.75, 3.05) is 13.7 Å². The highest BCUT2D eigenvalue weighted by atomic mass is 16.6.